The number of carboxylic acids is 1. The van der Waals surface area contributed by atoms with Crippen molar-refractivity contribution >= 4 is 17.3 Å². The molecule has 0 amide bonds. The van der Waals surface area contributed by atoms with Crippen LogP contribution in [0, 0.1) is 0 Å². The van der Waals surface area contributed by atoms with Crippen LogP contribution in [0.15, 0.2) is 60.5 Å². The minimum absolute atomic E-state index is 0.0431. The summed E-state index contributed by atoms with van der Waals surface area (Å²) in [4.78, 5) is 26.5. The Labute approximate surface area is 140 Å². The third kappa shape index (κ3) is 3.46. The number of ether oxygens (including phenoxy) is 1. The molecule has 0 fully saturated rings. The van der Waals surface area contributed by atoms with Crippen LogP contribution >= 0.6 is 0 Å². The second-order valence-electron chi connectivity index (χ2n) is 5.14. The summed E-state index contributed by atoms with van der Waals surface area (Å²) in [6.07, 6.45) is 1.90. The number of rotatable bonds is 7. The number of H-pyrrole nitrogens is 1. The van der Waals surface area contributed by atoms with Crippen LogP contribution in [-0.4, -0.2) is 29.0 Å². The normalized spacial score (nSPS) is 11.6. The van der Waals surface area contributed by atoms with Gasteiger partial charge < -0.3 is 14.8 Å². The van der Waals surface area contributed by atoms with E-state index in [2.05, 4.69) is 11.6 Å². The zero-order valence-corrected chi connectivity index (χ0v) is 13.6. The van der Waals surface area contributed by atoms with E-state index in [1.54, 1.807) is 0 Å². The van der Waals surface area contributed by atoms with Crippen LogP contribution in [0.3, 0.4) is 0 Å². The summed E-state index contributed by atoms with van der Waals surface area (Å²) in [5, 5.41) is 9.01. The molecular formula is C19H19NO4. The van der Waals surface area contributed by atoms with Crippen molar-refractivity contribution in [2.24, 2.45) is 0 Å². The van der Waals surface area contributed by atoms with E-state index in [1.165, 1.54) is 19.4 Å². The molecule has 0 spiro atoms. The molecule has 0 radical (unpaired) electrons. The van der Waals surface area contributed by atoms with Gasteiger partial charge in [0.2, 0.25) is 0 Å². The van der Waals surface area contributed by atoms with Crippen molar-refractivity contribution in [1.29, 1.82) is 0 Å². The standard InChI is InChI=1S/C19H19NO4/c1-4-16(24-3)17(12(2)13-8-6-5-7-9-13)18(21)14-10-15(19(22)23)20-11-14/h5-11,20H,2,4H2,1,3H3,(H,22,23)/b17-16+. The Balaban J connectivity index is 2.51. The predicted octanol–water partition coefficient (Wildman–Crippen LogP) is 3.92. The van der Waals surface area contributed by atoms with Gasteiger partial charge in [0.15, 0.2) is 5.78 Å². The first kappa shape index (κ1) is 17.3. The fraction of sp³-hybridized carbons (Fsp3) is 0.158. The molecule has 1 aromatic carbocycles. The molecule has 0 aliphatic rings. The number of allylic oxidation sites excluding steroid dienone is 3. The number of aromatic amines is 1. The molecule has 2 N–H and O–H groups in total. The second kappa shape index (κ2) is 7.46. The molecule has 0 saturated heterocycles. The molecule has 2 rings (SSSR count). The number of carboxylic acid groups (broad SMARTS) is 1. The zero-order chi connectivity index (χ0) is 17.7. The molecule has 0 saturated carbocycles. The van der Waals surface area contributed by atoms with E-state index in [0.717, 1.165) is 5.56 Å². The topological polar surface area (TPSA) is 79.4 Å². The lowest BCUT2D eigenvalue weighted by Gasteiger charge is -2.14. The number of aromatic nitrogens is 1. The third-order valence-electron chi connectivity index (χ3n) is 3.67. The van der Waals surface area contributed by atoms with Gasteiger partial charge in [0.1, 0.15) is 11.5 Å². The van der Waals surface area contributed by atoms with Crippen molar-refractivity contribution in [3.63, 3.8) is 0 Å². The van der Waals surface area contributed by atoms with E-state index in [-0.39, 0.29) is 17.0 Å². The number of hydrogen-bond donors (Lipinski definition) is 2. The van der Waals surface area contributed by atoms with Gasteiger partial charge in [-0.25, -0.2) is 4.79 Å². The molecule has 5 nitrogen and oxygen atoms in total. The van der Waals surface area contributed by atoms with Gasteiger partial charge in [-0.3, -0.25) is 4.79 Å². The van der Waals surface area contributed by atoms with Crippen molar-refractivity contribution < 1.29 is 19.4 Å². The quantitative estimate of drug-likeness (QED) is 0.350. The number of carbonyl (C=O) groups excluding carboxylic acids is 1. The van der Waals surface area contributed by atoms with Crippen molar-refractivity contribution in [2.45, 2.75) is 13.3 Å². The van der Waals surface area contributed by atoms with Crippen LogP contribution in [0.5, 0.6) is 0 Å². The number of Topliss-reactive ketones (excluding diaryl/α,β-unsaturated/α-hetero) is 1. The van der Waals surface area contributed by atoms with Crippen LogP contribution in [0.1, 0.15) is 39.8 Å². The number of methoxy groups -OCH3 is 1. The minimum Gasteiger partial charge on any atom is -0.500 e. The number of ketones is 1. The molecule has 2 aromatic rings. The van der Waals surface area contributed by atoms with E-state index < -0.39 is 5.97 Å². The Morgan fingerprint density at radius 3 is 2.38 bits per heavy atom. The monoisotopic (exact) mass is 325 g/mol. The summed E-state index contributed by atoms with van der Waals surface area (Å²) in [7, 11) is 1.50. The molecule has 0 aliphatic carbocycles. The molecule has 124 valence electrons. The zero-order valence-electron chi connectivity index (χ0n) is 13.6. The largest absolute Gasteiger partial charge is 0.500 e. The minimum atomic E-state index is -1.12. The van der Waals surface area contributed by atoms with E-state index in [9.17, 15) is 9.59 Å². The van der Waals surface area contributed by atoms with Gasteiger partial charge in [0.25, 0.3) is 0 Å². The SMILES string of the molecule is C=C(/C(C(=O)c1c[nH]c(C(=O)O)c1)=C(/CC)OC)c1ccccc1. The van der Waals surface area contributed by atoms with Gasteiger partial charge in [0, 0.05) is 18.2 Å². The Morgan fingerprint density at radius 1 is 1.21 bits per heavy atom. The third-order valence-corrected chi connectivity index (χ3v) is 3.67. The van der Waals surface area contributed by atoms with Crippen molar-refractivity contribution in [2.75, 3.05) is 7.11 Å². The number of carbonyl (C=O) groups is 2. The number of hydrogen-bond acceptors (Lipinski definition) is 3. The first-order valence-corrected chi connectivity index (χ1v) is 7.47. The maximum atomic E-state index is 12.9. The molecular weight excluding hydrogens is 306 g/mol. The number of aromatic carboxylic acids is 1. The lowest BCUT2D eigenvalue weighted by atomic mass is 9.92. The molecule has 1 aromatic heterocycles. The van der Waals surface area contributed by atoms with Crippen LogP contribution in [-0.2, 0) is 4.74 Å². The van der Waals surface area contributed by atoms with Crippen molar-refractivity contribution in [3.8, 4) is 0 Å². The molecule has 5 heteroatoms. The van der Waals surface area contributed by atoms with Gasteiger partial charge in [-0.05, 0) is 17.2 Å². The van der Waals surface area contributed by atoms with Crippen molar-refractivity contribution in [1.82, 2.24) is 4.98 Å². The van der Waals surface area contributed by atoms with E-state index in [0.29, 0.717) is 23.3 Å². The maximum absolute atomic E-state index is 12.9. The summed E-state index contributed by atoms with van der Waals surface area (Å²) in [5.74, 6) is -0.942. The summed E-state index contributed by atoms with van der Waals surface area (Å²) >= 11 is 0. The van der Waals surface area contributed by atoms with Gasteiger partial charge >= 0.3 is 5.97 Å². The number of benzene rings is 1. The molecule has 0 atom stereocenters. The van der Waals surface area contributed by atoms with Crippen molar-refractivity contribution in [3.05, 3.63) is 77.3 Å². The second-order valence-corrected chi connectivity index (χ2v) is 5.14. The molecule has 1 heterocycles. The first-order valence-electron chi connectivity index (χ1n) is 7.47. The lowest BCUT2D eigenvalue weighted by Crippen LogP contribution is -2.09. The highest BCUT2D eigenvalue weighted by atomic mass is 16.5. The highest BCUT2D eigenvalue weighted by Gasteiger charge is 2.23. The van der Waals surface area contributed by atoms with Gasteiger partial charge in [-0.15, -0.1) is 0 Å². The average Bonchev–Trinajstić information content (AvgIpc) is 3.09. The fourth-order valence-electron chi connectivity index (χ4n) is 2.43. The predicted molar refractivity (Wildman–Crippen MR) is 91.9 cm³/mol. The molecule has 0 bridgehead atoms. The van der Waals surface area contributed by atoms with Gasteiger partial charge in [-0.2, -0.15) is 0 Å². The first-order chi connectivity index (χ1) is 11.5. The lowest BCUT2D eigenvalue weighted by molar-refractivity contribution is 0.0691. The maximum Gasteiger partial charge on any atom is 0.352 e. The highest BCUT2D eigenvalue weighted by Crippen LogP contribution is 2.29. The smallest absolute Gasteiger partial charge is 0.352 e. The Hall–Kier alpha value is -3.08. The summed E-state index contributed by atoms with van der Waals surface area (Å²) in [5.41, 5.74) is 1.90. The Bertz CT molecular complexity index is 794. The van der Waals surface area contributed by atoms with E-state index in [4.69, 9.17) is 9.84 Å². The molecule has 24 heavy (non-hydrogen) atoms. The van der Waals surface area contributed by atoms with Crippen LogP contribution in [0.25, 0.3) is 5.57 Å². The summed E-state index contributed by atoms with van der Waals surface area (Å²) < 4.78 is 5.37. The Morgan fingerprint density at radius 2 is 1.88 bits per heavy atom. The highest BCUT2D eigenvalue weighted by molar-refractivity contribution is 6.19. The molecule has 0 unspecified atom stereocenters. The van der Waals surface area contributed by atoms with Crippen LogP contribution in [0.2, 0.25) is 0 Å². The van der Waals surface area contributed by atoms with Gasteiger partial charge in [0.05, 0.1) is 12.7 Å². The van der Waals surface area contributed by atoms with Gasteiger partial charge in [-0.1, -0.05) is 43.8 Å². The fourth-order valence-corrected chi connectivity index (χ4v) is 2.43. The van der Waals surface area contributed by atoms with E-state index in [1.807, 2.05) is 37.3 Å². The van der Waals surface area contributed by atoms with Crippen LogP contribution < -0.4 is 0 Å². The average molecular weight is 325 g/mol. The summed E-state index contributed by atoms with van der Waals surface area (Å²) in [6, 6.07) is 10.6. The number of nitrogens with one attached hydrogen (secondary N) is 1. The van der Waals surface area contributed by atoms with E-state index >= 15 is 0 Å². The summed E-state index contributed by atoms with van der Waals surface area (Å²) in [6.45, 7) is 5.92. The Kier molecular flexibility index (Phi) is 5.37. The molecule has 0 aliphatic heterocycles. The van der Waals surface area contributed by atoms with Crippen LogP contribution in [0.4, 0.5) is 0 Å².